The van der Waals surface area contributed by atoms with Gasteiger partial charge in [0.25, 0.3) is 5.69 Å². The van der Waals surface area contributed by atoms with E-state index in [0.717, 1.165) is 5.56 Å². The first-order chi connectivity index (χ1) is 5.24. The second-order valence-electron chi connectivity index (χ2n) is 1.90. The molecule has 0 aliphatic carbocycles. The van der Waals surface area contributed by atoms with Crippen LogP contribution in [0.3, 0.4) is 0 Å². The summed E-state index contributed by atoms with van der Waals surface area (Å²) in [7, 11) is 0. The average Bonchev–Trinajstić information content (AvgIpc) is 2.05. The molecule has 0 N–H and O–H groups in total. The van der Waals surface area contributed by atoms with Gasteiger partial charge in [-0.2, -0.15) is 0 Å². The molecule has 4 heteroatoms. The monoisotopic (exact) mass is 213 g/mol. The zero-order valence-corrected chi connectivity index (χ0v) is 7.04. The molecule has 0 aliphatic heterocycles. The Morgan fingerprint density at radius 1 is 1.36 bits per heavy atom. The summed E-state index contributed by atoms with van der Waals surface area (Å²) >= 11 is 3.00. The van der Waals surface area contributed by atoms with Gasteiger partial charge in [0.1, 0.15) is 0 Å². The highest BCUT2D eigenvalue weighted by atomic mass is 79.9. The van der Waals surface area contributed by atoms with Crippen LogP contribution < -0.4 is 0 Å². The Morgan fingerprint density at radius 2 is 1.91 bits per heavy atom. The van der Waals surface area contributed by atoms with Crippen LogP contribution in [0.2, 0.25) is 0 Å². The van der Waals surface area contributed by atoms with Crippen LogP contribution in [0.4, 0.5) is 5.69 Å². The summed E-state index contributed by atoms with van der Waals surface area (Å²) in [6.45, 7) is 0. The van der Waals surface area contributed by atoms with Crippen molar-refractivity contribution in [2.45, 2.75) is 0 Å². The van der Waals surface area contributed by atoms with Gasteiger partial charge >= 0.3 is 0 Å². The smallest absolute Gasteiger partial charge is 0.258 e. The minimum absolute atomic E-state index is 0.0940. The van der Waals surface area contributed by atoms with E-state index >= 15 is 0 Å². The van der Waals surface area contributed by atoms with Crippen LogP contribution in [0.1, 0.15) is 5.56 Å². The Morgan fingerprint density at radius 3 is 2.27 bits per heavy atom. The van der Waals surface area contributed by atoms with E-state index in [9.17, 15) is 10.1 Å². The maximum absolute atomic E-state index is 10.2. The Kier molecular flexibility index (Phi) is 2.59. The maximum atomic E-state index is 10.2. The molecule has 0 aromatic heterocycles. The fraction of sp³-hybridized carbons (Fsp3) is 0. The first-order valence-corrected chi connectivity index (χ1v) is 3.64. The van der Waals surface area contributed by atoms with E-state index < -0.39 is 4.92 Å². The summed E-state index contributed by atoms with van der Waals surface area (Å²) in [5.41, 5.74) is 0.882. The van der Waals surface area contributed by atoms with Gasteiger partial charge in [-0.3, -0.25) is 10.1 Å². The molecule has 0 spiro atoms. The lowest BCUT2D eigenvalue weighted by Gasteiger charge is -1.92. The first kappa shape index (κ1) is 8.20. The molecule has 0 unspecified atom stereocenters. The molecule has 0 saturated heterocycles. The standard InChI is InChI=1S/C7H4BrNO2/c8-5-6-1-3-7(4-2-6)9(10)11/h1-4H. The SMILES string of the molecule is O=[N+]([O-])c1ccc([C]Br)cc1. The summed E-state index contributed by atoms with van der Waals surface area (Å²) in [6, 6.07) is 6.10. The normalized spacial score (nSPS) is 9.55. The Labute approximate surface area is 72.3 Å². The van der Waals surface area contributed by atoms with Gasteiger partial charge in [-0.25, -0.2) is 0 Å². The van der Waals surface area contributed by atoms with Gasteiger partial charge in [0, 0.05) is 12.1 Å². The predicted molar refractivity (Wildman–Crippen MR) is 44.4 cm³/mol. The quantitative estimate of drug-likeness (QED) is 0.560. The molecule has 1 rings (SSSR count). The molecule has 0 atom stereocenters. The van der Waals surface area contributed by atoms with E-state index in [1.54, 1.807) is 12.1 Å². The number of nitro groups is 1. The topological polar surface area (TPSA) is 43.1 Å². The molecule has 0 amide bonds. The van der Waals surface area contributed by atoms with Crippen molar-refractivity contribution in [1.29, 1.82) is 0 Å². The van der Waals surface area contributed by atoms with Crippen LogP contribution in [-0.2, 0) is 0 Å². The van der Waals surface area contributed by atoms with E-state index in [4.69, 9.17) is 0 Å². The highest BCUT2D eigenvalue weighted by molar-refractivity contribution is 9.10. The molecule has 1 aromatic carbocycles. The second kappa shape index (κ2) is 3.48. The Bertz CT molecular complexity index is 258. The van der Waals surface area contributed by atoms with Gasteiger partial charge in [-0.05, 0) is 5.56 Å². The molecule has 0 fully saturated rings. The molecule has 56 valence electrons. The van der Waals surface area contributed by atoms with Crippen molar-refractivity contribution in [3.8, 4) is 0 Å². The third-order valence-electron chi connectivity index (χ3n) is 1.19. The maximum Gasteiger partial charge on any atom is 0.269 e. The zero-order valence-electron chi connectivity index (χ0n) is 5.45. The Balaban J connectivity index is 2.91. The van der Waals surface area contributed by atoms with Gasteiger partial charge in [-0.15, -0.1) is 0 Å². The van der Waals surface area contributed by atoms with Crippen LogP contribution in [0.5, 0.6) is 0 Å². The van der Waals surface area contributed by atoms with E-state index in [1.807, 2.05) is 0 Å². The van der Waals surface area contributed by atoms with Gasteiger partial charge in [0.2, 0.25) is 0 Å². The van der Waals surface area contributed by atoms with Crippen molar-refractivity contribution in [2.75, 3.05) is 0 Å². The molecule has 0 aliphatic rings. The number of nitrogens with zero attached hydrogens (tertiary/aromatic N) is 1. The molecular weight excluding hydrogens is 210 g/mol. The highest BCUT2D eigenvalue weighted by Crippen LogP contribution is 2.14. The van der Waals surface area contributed by atoms with Crippen molar-refractivity contribution in [1.82, 2.24) is 0 Å². The molecule has 2 radical (unpaired) electrons. The average molecular weight is 214 g/mol. The largest absolute Gasteiger partial charge is 0.269 e. The van der Waals surface area contributed by atoms with Gasteiger partial charge in [0.05, 0.1) is 10.3 Å². The second-order valence-corrected chi connectivity index (χ2v) is 2.29. The lowest BCUT2D eigenvalue weighted by atomic mass is 10.2. The summed E-state index contributed by atoms with van der Waals surface area (Å²) < 4.78 is 0. The van der Waals surface area contributed by atoms with Gasteiger partial charge in [0.15, 0.2) is 0 Å². The predicted octanol–water partition coefficient (Wildman–Crippen LogP) is 2.38. The Hall–Kier alpha value is -0.900. The number of benzene rings is 1. The summed E-state index contributed by atoms with van der Waals surface area (Å²) in [4.78, 5) is 9.74. The molecule has 11 heavy (non-hydrogen) atoms. The van der Waals surface area contributed by atoms with Crippen molar-refractivity contribution in [3.05, 3.63) is 45.3 Å². The molecule has 0 bridgehead atoms. The fourth-order valence-electron chi connectivity index (χ4n) is 0.646. The van der Waals surface area contributed by atoms with Gasteiger partial charge in [-0.1, -0.05) is 28.1 Å². The van der Waals surface area contributed by atoms with Crippen LogP contribution in [0, 0.1) is 15.4 Å². The van der Waals surface area contributed by atoms with Crippen LogP contribution in [-0.4, -0.2) is 4.92 Å². The first-order valence-electron chi connectivity index (χ1n) is 2.85. The minimum Gasteiger partial charge on any atom is -0.258 e. The number of rotatable bonds is 2. The zero-order chi connectivity index (χ0) is 8.27. The number of nitro benzene ring substituents is 1. The van der Waals surface area contributed by atoms with Crippen molar-refractivity contribution in [3.63, 3.8) is 0 Å². The van der Waals surface area contributed by atoms with Gasteiger partial charge < -0.3 is 0 Å². The van der Waals surface area contributed by atoms with Crippen LogP contribution >= 0.6 is 15.9 Å². The van der Waals surface area contributed by atoms with Crippen molar-refractivity contribution >= 4 is 21.6 Å². The van der Waals surface area contributed by atoms with Crippen LogP contribution in [0.15, 0.2) is 24.3 Å². The summed E-state index contributed by atoms with van der Waals surface area (Å²) in [5, 5.41) is 12.9. The lowest BCUT2D eigenvalue weighted by molar-refractivity contribution is -0.384. The molecule has 0 saturated carbocycles. The molecule has 1 aromatic rings. The van der Waals surface area contributed by atoms with E-state index in [1.165, 1.54) is 12.1 Å². The molecule has 3 nitrogen and oxygen atoms in total. The lowest BCUT2D eigenvalue weighted by Crippen LogP contribution is -1.86. The minimum atomic E-state index is -0.433. The van der Waals surface area contributed by atoms with E-state index in [0.29, 0.717) is 0 Å². The third kappa shape index (κ3) is 2.01. The van der Waals surface area contributed by atoms with E-state index in [2.05, 4.69) is 21.3 Å². The van der Waals surface area contributed by atoms with Crippen molar-refractivity contribution in [2.24, 2.45) is 0 Å². The van der Waals surface area contributed by atoms with Crippen LogP contribution in [0.25, 0.3) is 0 Å². The summed E-state index contributed by atoms with van der Waals surface area (Å²) in [6.07, 6.45) is 0. The summed E-state index contributed by atoms with van der Waals surface area (Å²) in [5.74, 6) is 0. The third-order valence-corrected chi connectivity index (χ3v) is 1.65. The number of hydrogen-bond donors (Lipinski definition) is 0. The number of non-ortho nitro benzene ring substituents is 1. The fourth-order valence-corrected chi connectivity index (χ4v) is 0.910. The van der Waals surface area contributed by atoms with Crippen molar-refractivity contribution < 1.29 is 4.92 Å². The molecule has 0 heterocycles. The number of hydrogen-bond acceptors (Lipinski definition) is 2. The highest BCUT2D eigenvalue weighted by Gasteiger charge is 2.02. The number of halogens is 1. The molecular formula is C7H4BrNO2. The van der Waals surface area contributed by atoms with E-state index in [-0.39, 0.29) is 5.69 Å².